The summed E-state index contributed by atoms with van der Waals surface area (Å²) in [5, 5.41) is 0. The van der Waals surface area contributed by atoms with Gasteiger partial charge in [-0.1, -0.05) is 0 Å². The fraction of sp³-hybridized carbons (Fsp3) is 0.833. The SMILES string of the molecule is O=C(OC1CCCOS1(O)O)C(F)(F)F. The monoisotopic (exact) mass is 250 g/mol. The number of carbonyl (C=O) groups excluding carboxylic acids is 1. The van der Waals surface area contributed by atoms with E-state index >= 15 is 0 Å². The van der Waals surface area contributed by atoms with Gasteiger partial charge in [0.1, 0.15) is 10.9 Å². The Morgan fingerprint density at radius 2 is 2.07 bits per heavy atom. The van der Waals surface area contributed by atoms with E-state index in [1.54, 1.807) is 0 Å². The summed E-state index contributed by atoms with van der Waals surface area (Å²) in [7, 11) is -3.72. The Bertz CT molecular complexity index is 254. The highest BCUT2D eigenvalue weighted by molar-refractivity contribution is 8.20. The summed E-state index contributed by atoms with van der Waals surface area (Å²) in [5.74, 6) is -2.45. The minimum Gasteiger partial charge on any atom is -0.439 e. The number of rotatable bonds is 1. The predicted octanol–water partition coefficient (Wildman–Crippen LogP) is 1.89. The number of ether oxygens (including phenoxy) is 1. The predicted molar refractivity (Wildman–Crippen MR) is 44.0 cm³/mol. The Morgan fingerprint density at radius 3 is 2.53 bits per heavy atom. The molecule has 2 N–H and O–H groups in total. The van der Waals surface area contributed by atoms with Crippen molar-refractivity contribution < 1.29 is 36.0 Å². The zero-order valence-electron chi connectivity index (χ0n) is 7.36. The van der Waals surface area contributed by atoms with Gasteiger partial charge in [0.15, 0.2) is 5.44 Å². The van der Waals surface area contributed by atoms with E-state index in [0.29, 0.717) is 6.42 Å². The van der Waals surface area contributed by atoms with Gasteiger partial charge in [0.05, 0.1) is 6.61 Å². The average molecular weight is 250 g/mol. The Balaban J connectivity index is 2.61. The van der Waals surface area contributed by atoms with Crippen molar-refractivity contribution in [1.29, 1.82) is 0 Å². The Labute approximate surface area is 84.7 Å². The van der Waals surface area contributed by atoms with Crippen LogP contribution in [-0.4, -0.2) is 33.3 Å². The van der Waals surface area contributed by atoms with E-state index in [4.69, 9.17) is 9.11 Å². The molecule has 1 unspecified atom stereocenters. The topological polar surface area (TPSA) is 76.0 Å². The van der Waals surface area contributed by atoms with E-state index in [-0.39, 0.29) is 13.0 Å². The van der Waals surface area contributed by atoms with E-state index in [1.807, 2.05) is 0 Å². The van der Waals surface area contributed by atoms with Crippen LogP contribution in [0.15, 0.2) is 0 Å². The third-order valence-electron chi connectivity index (χ3n) is 1.65. The van der Waals surface area contributed by atoms with Gasteiger partial charge in [-0.3, -0.25) is 4.18 Å². The standard InChI is InChI=1S/C6H9F3O5S/c7-6(8,9)5(10)14-4-2-1-3-13-15(4,11)12/h4,11-12H,1-3H2. The minimum atomic E-state index is -5.15. The van der Waals surface area contributed by atoms with Crippen LogP contribution < -0.4 is 0 Å². The van der Waals surface area contributed by atoms with Crippen LogP contribution in [0.25, 0.3) is 0 Å². The zero-order chi connectivity index (χ0) is 11.7. The molecule has 5 nitrogen and oxygen atoms in total. The van der Waals surface area contributed by atoms with Crippen molar-refractivity contribution >= 4 is 16.8 Å². The number of hydrogen-bond donors (Lipinski definition) is 2. The normalized spacial score (nSPS) is 28.2. The van der Waals surface area contributed by atoms with Crippen LogP contribution in [0.5, 0.6) is 0 Å². The van der Waals surface area contributed by atoms with Crippen LogP contribution >= 0.6 is 10.9 Å². The second kappa shape index (κ2) is 4.16. The molecule has 1 atom stereocenters. The molecule has 1 fully saturated rings. The summed E-state index contributed by atoms with van der Waals surface area (Å²) in [5.41, 5.74) is -1.64. The number of halogens is 3. The van der Waals surface area contributed by atoms with Crippen molar-refractivity contribution in [2.45, 2.75) is 24.5 Å². The molecule has 0 spiro atoms. The number of hydrogen-bond acceptors (Lipinski definition) is 5. The van der Waals surface area contributed by atoms with Crippen LogP contribution in [-0.2, 0) is 13.7 Å². The Kier molecular flexibility index (Phi) is 3.48. The Hall–Kier alpha value is -0.510. The lowest BCUT2D eigenvalue weighted by Crippen LogP contribution is -2.35. The molecule has 0 aromatic heterocycles. The van der Waals surface area contributed by atoms with Crippen LogP contribution in [0.2, 0.25) is 0 Å². The molecule has 0 bridgehead atoms. The quantitative estimate of drug-likeness (QED) is 0.695. The fourth-order valence-electron chi connectivity index (χ4n) is 0.969. The molecule has 0 saturated carbocycles. The van der Waals surface area contributed by atoms with Gasteiger partial charge in [0.2, 0.25) is 0 Å². The molecule has 1 rings (SSSR count). The van der Waals surface area contributed by atoms with E-state index in [1.165, 1.54) is 0 Å². The molecule has 1 aliphatic rings. The lowest BCUT2D eigenvalue weighted by molar-refractivity contribution is -0.202. The smallest absolute Gasteiger partial charge is 0.439 e. The second-order valence-corrected chi connectivity index (χ2v) is 4.67. The number of alkyl halides is 3. The third-order valence-corrected chi connectivity index (χ3v) is 3.18. The number of carbonyl (C=O) groups is 1. The van der Waals surface area contributed by atoms with Gasteiger partial charge in [0, 0.05) is 6.42 Å². The molecule has 1 saturated heterocycles. The van der Waals surface area contributed by atoms with E-state index in [2.05, 4.69) is 8.92 Å². The molecule has 1 aliphatic heterocycles. The van der Waals surface area contributed by atoms with Crippen LogP contribution in [0, 0.1) is 0 Å². The van der Waals surface area contributed by atoms with Crippen molar-refractivity contribution in [3.63, 3.8) is 0 Å². The molecule has 1 heterocycles. The highest BCUT2D eigenvalue weighted by Gasteiger charge is 2.46. The van der Waals surface area contributed by atoms with Gasteiger partial charge in [-0.15, -0.1) is 0 Å². The first-order valence-corrected chi connectivity index (χ1v) is 5.46. The van der Waals surface area contributed by atoms with Gasteiger partial charge < -0.3 is 13.8 Å². The first-order valence-electron chi connectivity index (χ1n) is 3.93. The lowest BCUT2D eigenvalue weighted by Gasteiger charge is -2.37. The molecule has 0 radical (unpaired) electrons. The summed E-state index contributed by atoms with van der Waals surface area (Å²) >= 11 is 0. The fourth-order valence-corrected chi connectivity index (χ4v) is 2.17. The summed E-state index contributed by atoms with van der Waals surface area (Å²) < 4.78 is 62.0. The molecule has 90 valence electrons. The van der Waals surface area contributed by atoms with Crippen molar-refractivity contribution in [2.75, 3.05) is 6.61 Å². The summed E-state index contributed by atoms with van der Waals surface area (Å²) in [6.07, 6.45) is -4.91. The minimum absolute atomic E-state index is 0.0163. The molecule has 0 aromatic rings. The Morgan fingerprint density at radius 1 is 1.47 bits per heavy atom. The first-order chi connectivity index (χ1) is 6.73. The van der Waals surface area contributed by atoms with Crippen molar-refractivity contribution in [1.82, 2.24) is 0 Å². The van der Waals surface area contributed by atoms with Gasteiger partial charge >= 0.3 is 12.1 Å². The summed E-state index contributed by atoms with van der Waals surface area (Å²) in [6, 6.07) is 0. The molecule has 0 aromatic carbocycles. The molecule has 15 heavy (non-hydrogen) atoms. The van der Waals surface area contributed by atoms with Crippen molar-refractivity contribution in [2.24, 2.45) is 0 Å². The maximum atomic E-state index is 11.8. The summed E-state index contributed by atoms with van der Waals surface area (Å²) in [4.78, 5) is 10.4. The molecular weight excluding hydrogens is 241 g/mol. The van der Waals surface area contributed by atoms with Crippen molar-refractivity contribution in [3.8, 4) is 0 Å². The third kappa shape index (κ3) is 3.23. The maximum Gasteiger partial charge on any atom is 0.490 e. The summed E-state index contributed by atoms with van der Waals surface area (Å²) in [6.45, 7) is 0.0163. The van der Waals surface area contributed by atoms with Gasteiger partial charge in [-0.25, -0.2) is 4.79 Å². The highest BCUT2D eigenvalue weighted by Crippen LogP contribution is 2.51. The van der Waals surface area contributed by atoms with E-state index in [9.17, 15) is 18.0 Å². The van der Waals surface area contributed by atoms with Gasteiger partial charge in [0.25, 0.3) is 0 Å². The average Bonchev–Trinajstić information content (AvgIpc) is 2.06. The molecule has 0 aliphatic carbocycles. The van der Waals surface area contributed by atoms with Gasteiger partial charge in [-0.2, -0.15) is 13.2 Å². The molecule has 9 heteroatoms. The van der Waals surface area contributed by atoms with Crippen LogP contribution in [0.3, 0.4) is 0 Å². The largest absolute Gasteiger partial charge is 0.490 e. The number of esters is 1. The van der Waals surface area contributed by atoms with E-state index in [0.717, 1.165) is 0 Å². The van der Waals surface area contributed by atoms with Crippen LogP contribution in [0.4, 0.5) is 13.2 Å². The zero-order valence-corrected chi connectivity index (χ0v) is 8.18. The van der Waals surface area contributed by atoms with Crippen LogP contribution in [0.1, 0.15) is 12.8 Å². The highest BCUT2D eigenvalue weighted by atomic mass is 32.3. The molecular formula is C6H9F3O5S. The van der Waals surface area contributed by atoms with Crippen molar-refractivity contribution in [3.05, 3.63) is 0 Å². The molecule has 0 amide bonds. The lowest BCUT2D eigenvalue weighted by atomic mass is 10.3. The first kappa shape index (κ1) is 12.6. The van der Waals surface area contributed by atoms with Gasteiger partial charge in [-0.05, 0) is 6.42 Å². The second-order valence-electron chi connectivity index (χ2n) is 2.83. The maximum absolute atomic E-state index is 11.8. The van der Waals surface area contributed by atoms with E-state index < -0.39 is 28.5 Å².